The quantitative estimate of drug-likeness (QED) is 0.837. The average molecular weight is 239 g/mol. The third kappa shape index (κ3) is 2.83. The zero-order valence-electron chi connectivity index (χ0n) is 10.2. The first-order valence-corrected chi connectivity index (χ1v) is 6.35. The van der Waals surface area contributed by atoms with Gasteiger partial charge in [0.05, 0.1) is 0 Å². The van der Waals surface area contributed by atoms with Gasteiger partial charge >= 0.3 is 0 Å². The highest BCUT2D eigenvalue weighted by Crippen LogP contribution is 2.34. The summed E-state index contributed by atoms with van der Waals surface area (Å²) >= 11 is 0. The smallest absolute Gasteiger partial charge is 0.273 e. The van der Waals surface area contributed by atoms with Gasteiger partial charge in [-0.05, 0) is 31.0 Å². The zero-order chi connectivity index (χ0) is 12.3. The highest BCUT2D eigenvalue weighted by Gasteiger charge is 2.30. The zero-order valence-corrected chi connectivity index (χ0v) is 10.2. The van der Waals surface area contributed by atoms with Crippen LogP contribution >= 0.6 is 0 Å². The van der Waals surface area contributed by atoms with Gasteiger partial charge in [-0.25, -0.2) is 8.78 Å². The van der Waals surface area contributed by atoms with Crippen molar-refractivity contribution in [2.24, 2.45) is 0 Å². The Bertz CT molecular complexity index is 370. The van der Waals surface area contributed by atoms with Gasteiger partial charge in [0.2, 0.25) is 0 Å². The van der Waals surface area contributed by atoms with Gasteiger partial charge in [0.25, 0.3) is 5.92 Å². The molecule has 0 radical (unpaired) electrons. The second-order valence-electron chi connectivity index (χ2n) is 4.73. The van der Waals surface area contributed by atoms with E-state index >= 15 is 0 Å². The number of hydrogen-bond acceptors (Lipinski definition) is 1. The summed E-state index contributed by atoms with van der Waals surface area (Å²) < 4.78 is 27.6. The van der Waals surface area contributed by atoms with Crippen molar-refractivity contribution in [3.05, 3.63) is 35.4 Å². The van der Waals surface area contributed by atoms with Crippen LogP contribution in [0.1, 0.15) is 49.8 Å². The molecule has 1 aromatic carbocycles. The molecule has 1 saturated heterocycles. The Balaban J connectivity index is 2.21. The number of hydrogen-bond donors (Lipinski definition) is 1. The van der Waals surface area contributed by atoms with Crippen LogP contribution in [0.15, 0.2) is 24.3 Å². The Morgan fingerprint density at radius 3 is 2.88 bits per heavy atom. The lowest BCUT2D eigenvalue weighted by molar-refractivity contribution is -0.0141. The number of halogens is 2. The van der Waals surface area contributed by atoms with E-state index < -0.39 is 5.92 Å². The van der Waals surface area contributed by atoms with Crippen LogP contribution in [0.25, 0.3) is 0 Å². The Morgan fingerprint density at radius 2 is 2.24 bits per heavy atom. The molecule has 1 aromatic rings. The summed E-state index contributed by atoms with van der Waals surface area (Å²) in [5.41, 5.74) is 1.15. The topological polar surface area (TPSA) is 12.0 Å². The molecule has 0 amide bonds. The Hall–Kier alpha value is -0.960. The minimum Gasteiger partial charge on any atom is -0.310 e. The maximum atomic E-state index is 13.8. The highest BCUT2D eigenvalue weighted by molar-refractivity contribution is 5.29. The summed E-state index contributed by atoms with van der Waals surface area (Å²) in [6.07, 6.45) is 2.59. The second-order valence-corrected chi connectivity index (χ2v) is 4.73. The average Bonchev–Trinajstić information content (AvgIpc) is 2.82. The van der Waals surface area contributed by atoms with Crippen molar-refractivity contribution in [3.8, 4) is 0 Å². The van der Waals surface area contributed by atoms with Crippen molar-refractivity contribution in [1.29, 1.82) is 0 Å². The van der Waals surface area contributed by atoms with Gasteiger partial charge in [-0.3, -0.25) is 0 Å². The Kier molecular flexibility index (Phi) is 3.77. The summed E-state index contributed by atoms with van der Waals surface area (Å²) in [5.74, 6) is -2.69. The van der Waals surface area contributed by atoms with E-state index in [0.717, 1.165) is 24.9 Å². The van der Waals surface area contributed by atoms with Crippen LogP contribution in [0.3, 0.4) is 0 Å². The van der Waals surface area contributed by atoms with E-state index in [1.807, 2.05) is 6.07 Å². The fourth-order valence-corrected chi connectivity index (χ4v) is 2.41. The highest BCUT2D eigenvalue weighted by atomic mass is 19.3. The molecule has 0 bridgehead atoms. The van der Waals surface area contributed by atoms with Gasteiger partial charge < -0.3 is 5.32 Å². The van der Waals surface area contributed by atoms with E-state index in [-0.39, 0.29) is 18.0 Å². The summed E-state index contributed by atoms with van der Waals surface area (Å²) in [6, 6.07) is 7.14. The number of rotatable bonds is 4. The first-order valence-electron chi connectivity index (χ1n) is 6.35. The van der Waals surface area contributed by atoms with E-state index in [0.29, 0.717) is 6.42 Å². The summed E-state index contributed by atoms with van der Waals surface area (Å²) in [6.45, 7) is 2.77. The van der Waals surface area contributed by atoms with Gasteiger partial charge in [-0.15, -0.1) is 0 Å². The Morgan fingerprint density at radius 1 is 1.41 bits per heavy atom. The number of alkyl halides is 2. The van der Waals surface area contributed by atoms with E-state index in [4.69, 9.17) is 0 Å². The van der Waals surface area contributed by atoms with Crippen LogP contribution in [0, 0.1) is 0 Å². The SMILES string of the molecule is CCCC(F)(F)c1cccc(C2CCCN2)c1. The van der Waals surface area contributed by atoms with Crippen LogP contribution in [-0.4, -0.2) is 6.54 Å². The Labute approximate surface area is 101 Å². The molecule has 3 heteroatoms. The molecule has 0 aliphatic carbocycles. The summed E-state index contributed by atoms with van der Waals surface area (Å²) in [5, 5.41) is 3.34. The second kappa shape index (κ2) is 5.13. The standard InChI is InChI=1S/C14H19F2N/c1-2-8-14(15,16)12-6-3-5-11(10-12)13-7-4-9-17-13/h3,5-6,10,13,17H,2,4,7-9H2,1H3. The summed E-state index contributed by atoms with van der Waals surface area (Å²) in [4.78, 5) is 0. The maximum absolute atomic E-state index is 13.8. The largest absolute Gasteiger partial charge is 0.310 e. The normalized spacial score (nSPS) is 20.8. The minimum absolute atomic E-state index is 0.0749. The van der Waals surface area contributed by atoms with Crippen LogP contribution in [0.5, 0.6) is 0 Å². The molecule has 0 spiro atoms. The molecule has 1 N–H and O–H groups in total. The fraction of sp³-hybridized carbons (Fsp3) is 0.571. The lowest BCUT2D eigenvalue weighted by atomic mass is 9.98. The predicted octanol–water partition coefficient (Wildman–Crippen LogP) is 4.00. The van der Waals surface area contributed by atoms with Gasteiger partial charge in [0, 0.05) is 18.0 Å². The third-order valence-electron chi connectivity index (χ3n) is 3.34. The fourth-order valence-electron chi connectivity index (χ4n) is 2.41. The van der Waals surface area contributed by atoms with Crippen LogP contribution in [-0.2, 0) is 5.92 Å². The number of nitrogens with one attached hydrogen (secondary N) is 1. The molecule has 1 unspecified atom stereocenters. The van der Waals surface area contributed by atoms with Crippen molar-refractivity contribution in [3.63, 3.8) is 0 Å². The van der Waals surface area contributed by atoms with Crippen molar-refractivity contribution >= 4 is 0 Å². The molecule has 0 aromatic heterocycles. The summed E-state index contributed by atoms with van der Waals surface area (Å²) in [7, 11) is 0. The monoisotopic (exact) mass is 239 g/mol. The van der Waals surface area contributed by atoms with Crippen molar-refractivity contribution in [2.75, 3.05) is 6.54 Å². The van der Waals surface area contributed by atoms with Crippen molar-refractivity contribution in [1.82, 2.24) is 5.32 Å². The van der Waals surface area contributed by atoms with Crippen LogP contribution in [0.2, 0.25) is 0 Å². The maximum Gasteiger partial charge on any atom is 0.273 e. The lowest BCUT2D eigenvalue weighted by Crippen LogP contribution is -2.16. The molecule has 1 heterocycles. The molecule has 2 rings (SSSR count). The number of benzene rings is 1. The van der Waals surface area contributed by atoms with E-state index in [2.05, 4.69) is 5.32 Å². The predicted molar refractivity (Wildman–Crippen MR) is 65.2 cm³/mol. The van der Waals surface area contributed by atoms with E-state index in [1.54, 1.807) is 19.1 Å². The molecule has 1 fully saturated rings. The van der Waals surface area contributed by atoms with Crippen LogP contribution < -0.4 is 5.32 Å². The van der Waals surface area contributed by atoms with E-state index in [1.165, 1.54) is 6.07 Å². The molecule has 1 aliphatic rings. The molecular formula is C14H19F2N. The molecule has 17 heavy (non-hydrogen) atoms. The van der Waals surface area contributed by atoms with Gasteiger partial charge in [-0.2, -0.15) is 0 Å². The first-order chi connectivity index (χ1) is 8.13. The lowest BCUT2D eigenvalue weighted by Gasteiger charge is -2.18. The van der Waals surface area contributed by atoms with Crippen molar-refractivity contribution < 1.29 is 8.78 Å². The minimum atomic E-state index is -2.69. The molecular weight excluding hydrogens is 220 g/mol. The van der Waals surface area contributed by atoms with Crippen molar-refractivity contribution in [2.45, 2.75) is 44.6 Å². The first kappa shape index (κ1) is 12.5. The molecule has 1 nitrogen and oxygen atoms in total. The molecule has 1 atom stereocenters. The van der Waals surface area contributed by atoms with Gasteiger partial charge in [0.1, 0.15) is 0 Å². The molecule has 94 valence electrons. The third-order valence-corrected chi connectivity index (χ3v) is 3.34. The molecule has 1 aliphatic heterocycles. The van der Waals surface area contributed by atoms with E-state index in [9.17, 15) is 8.78 Å². The van der Waals surface area contributed by atoms with Crippen LogP contribution in [0.4, 0.5) is 8.78 Å². The molecule has 0 saturated carbocycles. The van der Waals surface area contributed by atoms with Gasteiger partial charge in [-0.1, -0.05) is 31.5 Å². The van der Waals surface area contributed by atoms with Gasteiger partial charge in [0.15, 0.2) is 0 Å².